The zero-order valence-electron chi connectivity index (χ0n) is 16.3. The van der Waals surface area contributed by atoms with Crippen molar-refractivity contribution in [1.82, 2.24) is 10.6 Å². The molecular weight excluding hydrogens is 322 g/mol. The third kappa shape index (κ3) is 7.86. The Balaban J connectivity index is 5.16. The molecule has 0 heterocycles. The molecule has 0 saturated carbocycles. The highest BCUT2D eigenvalue weighted by molar-refractivity contribution is 5.92. The Labute approximate surface area is 151 Å². The van der Waals surface area contributed by atoms with Crippen molar-refractivity contribution in [2.75, 3.05) is 0 Å². The van der Waals surface area contributed by atoms with E-state index in [0.29, 0.717) is 12.8 Å². The average molecular weight is 357 g/mol. The molecule has 0 aliphatic rings. The second kappa shape index (κ2) is 11.1. The summed E-state index contributed by atoms with van der Waals surface area (Å²) in [6, 6.07) is -2.48. The summed E-state index contributed by atoms with van der Waals surface area (Å²) in [7, 11) is 0. The SMILES string of the molecule is CC[C@H](C)[C@H](N)C(=O)N[C@H](C(=O)N[C@@H](CC(C)C)C(=O)O)[C@@H](C)CC. The molecule has 2 amide bonds. The first-order chi connectivity index (χ1) is 11.5. The van der Waals surface area contributed by atoms with Crippen LogP contribution in [0.15, 0.2) is 0 Å². The van der Waals surface area contributed by atoms with E-state index in [-0.39, 0.29) is 23.7 Å². The molecule has 7 nitrogen and oxygen atoms in total. The molecule has 0 aromatic heterocycles. The summed E-state index contributed by atoms with van der Waals surface area (Å²) in [5, 5.41) is 14.6. The number of nitrogens with one attached hydrogen (secondary N) is 2. The van der Waals surface area contributed by atoms with E-state index in [1.54, 1.807) is 0 Å². The van der Waals surface area contributed by atoms with E-state index in [2.05, 4.69) is 10.6 Å². The van der Waals surface area contributed by atoms with Crippen LogP contribution in [0.1, 0.15) is 60.8 Å². The minimum atomic E-state index is -1.08. The number of carboxylic acid groups (broad SMARTS) is 1. The number of hydrogen-bond acceptors (Lipinski definition) is 4. The Kier molecular flexibility index (Phi) is 10.4. The molecule has 7 heteroatoms. The van der Waals surface area contributed by atoms with Crippen LogP contribution < -0.4 is 16.4 Å². The fraction of sp³-hybridized carbons (Fsp3) is 0.833. The predicted molar refractivity (Wildman–Crippen MR) is 97.8 cm³/mol. The van der Waals surface area contributed by atoms with E-state index < -0.39 is 30.0 Å². The van der Waals surface area contributed by atoms with E-state index in [9.17, 15) is 19.5 Å². The van der Waals surface area contributed by atoms with Crippen LogP contribution in [0, 0.1) is 17.8 Å². The molecule has 0 rings (SSSR count). The van der Waals surface area contributed by atoms with Crippen molar-refractivity contribution < 1.29 is 19.5 Å². The third-order valence-corrected chi connectivity index (χ3v) is 4.67. The van der Waals surface area contributed by atoms with Crippen molar-refractivity contribution in [3.05, 3.63) is 0 Å². The molecule has 5 N–H and O–H groups in total. The smallest absolute Gasteiger partial charge is 0.326 e. The van der Waals surface area contributed by atoms with Gasteiger partial charge in [0.25, 0.3) is 0 Å². The van der Waals surface area contributed by atoms with Gasteiger partial charge in [-0.3, -0.25) is 9.59 Å². The molecule has 0 fully saturated rings. The molecule has 0 aliphatic carbocycles. The highest BCUT2D eigenvalue weighted by Crippen LogP contribution is 2.12. The minimum absolute atomic E-state index is 0.00615. The molecule has 0 aromatic carbocycles. The summed E-state index contributed by atoms with van der Waals surface area (Å²) >= 11 is 0. The summed E-state index contributed by atoms with van der Waals surface area (Å²) < 4.78 is 0. The molecule has 0 saturated heterocycles. The van der Waals surface area contributed by atoms with Gasteiger partial charge in [0.05, 0.1) is 6.04 Å². The number of nitrogens with two attached hydrogens (primary N) is 1. The van der Waals surface area contributed by atoms with Gasteiger partial charge in [-0.2, -0.15) is 0 Å². The van der Waals surface area contributed by atoms with Crippen molar-refractivity contribution in [1.29, 1.82) is 0 Å². The maximum Gasteiger partial charge on any atom is 0.326 e. The van der Waals surface area contributed by atoms with Crippen LogP contribution in [0.5, 0.6) is 0 Å². The molecule has 5 atom stereocenters. The fourth-order valence-electron chi connectivity index (χ4n) is 2.42. The van der Waals surface area contributed by atoms with Crippen molar-refractivity contribution in [2.45, 2.75) is 78.9 Å². The first-order valence-corrected chi connectivity index (χ1v) is 9.14. The van der Waals surface area contributed by atoms with Crippen LogP contribution in [-0.2, 0) is 14.4 Å². The predicted octanol–water partition coefficient (Wildman–Crippen LogP) is 1.51. The first-order valence-electron chi connectivity index (χ1n) is 9.14. The zero-order valence-corrected chi connectivity index (χ0v) is 16.3. The molecule has 146 valence electrons. The maximum absolute atomic E-state index is 12.6. The van der Waals surface area contributed by atoms with Crippen LogP contribution in [-0.4, -0.2) is 41.0 Å². The topological polar surface area (TPSA) is 122 Å². The van der Waals surface area contributed by atoms with Crippen LogP contribution in [0.2, 0.25) is 0 Å². The normalized spacial score (nSPS) is 17.3. The van der Waals surface area contributed by atoms with Gasteiger partial charge in [-0.15, -0.1) is 0 Å². The van der Waals surface area contributed by atoms with Crippen molar-refractivity contribution >= 4 is 17.8 Å². The van der Waals surface area contributed by atoms with Crippen LogP contribution in [0.4, 0.5) is 0 Å². The van der Waals surface area contributed by atoms with Crippen LogP contribution in [0.3, 0.4) is 0 Å². The molecule has 0 aliphatic heterocycles. The van der Waals surface area contributed by atoms with Gasteiger partial charge in [0.15, 0.2) is 0 Å². The molecule has 25 heavy (non-hydrogen) atoms. The average Bonchev–Trinajstić information content (AvgIpc) is 2.55. The van der Waals surface area contributed by atoms with Crippen LogP contribution in [0.25, 0.3) is 0 Å². The molecule has 0 radical (unpaired) electrons. The lowest BCUT2D eigenvalue weighted by molar-refractivity contribution is -0.143. The number of amides is 2. The Hall–Kier alpha value is -1.63. The standard InChI is InChI=1S/C18H35N3O4/c1-7-11(5)14(19)16(22)21-15(12(6)8-2)17(23)20-13(18(24)25)9-10(3)4/h10-15H,7-9,19H2,1-6H3,(H,20,23)(H,21,22)(H,24,25)/t11-,12-,13-,14-,15-/m0/s1. The zero-order chi connectivity index (χ0) is 19.7. The van der Waals surface area contributed by atoms with Gasteiger partial charge in [0, 0.05) is 0 Å². The Bertz CT molecular complexity index is 454. The van der Waals surface area contributed by atoms with E-state index >= 15 is 0 Å². The molecule has 0 bridgehead atoms. The van der Waals surface area contributed by atoms with Crippen LogP contribution >= 0.6 is 0 Å². The molecule has 0 unspecified atom stereocenters. The van der Waals surface area contributed by atoms with E-state index in [0.717, 1.165) is 6.42 Å². The van der Waals surface area contributed by atoms with Gasteiger partial charge in [-0.25, -0.2) is 4.79 Å². The molecular formula is C18H35N3O4. The Morgan fingerprint density at radius 1 is 0.920 bits per heavy atom. The number of carbonyl (C=O) groups is 3. The van der Waals surface area contributed by atoms with Gasteiger partial charge in [0.1, 0.15) is 12.1 Å². The number of carboxylic acids is 1. The van der Waals surface area contributed by atoms with E-state index in [1.807, 2.05) is 41.5 Å². The summed E-state index contributed by atoms with van der Waals surface area (Å²) in [6.07, 6.45) is 1.75. The van der Waals surface area contributed by atoms with E-state index in [4.69, 9.17) is 5.73 Å². The van der Waals surface area contributed by atoms with Crippen molar-refractivity contribution in [2.24, 2.45) is 23.5 Å². The monoisotopic (exact) mass is 357 g/mol. The van der Waals surface area contributed by atoms with Crippen molar-refractivity contribution in [3.8, 4) is 0 Å². The molecule has 0 aromatic rings. The number of carbonyl (C=O) groups excluding carboxylic acids is 2. The first kappa shape index (κ1) is 23.4. The summed E-state index contributed by atoms with van der Waals surface area (Å²) in [4.78, 5) is 36.3. The Morgan fingerprint density at radius 3 is 1.84 bits per heavy atom. The quantitative estimate of drug-likeness (QED) is 0.446. The van der Waals surface area contributed by atoms with Gasteiger partial charge >= 0.3 is 5.97 Å². The summed E-state index contributed by atoms with van der Waals surface area (Å²) in [5.74, 6) is -1.96. The van der Waals surface area contributed by atoms with Crippen molar-refractivity contribution in [3.63, 3.8) is 0 Å². The largest absolute Gasteiger partial charge is 0.480 e. The highest BCUT2D eigenvalue weighted by Gasteiger charge is 2.32. The number of rotatable bonds is 11. The second-order valence-electron chi connectivity index (χ2n) is 7.31. The summed E-state index contributed by atoms with van der Waals surface area (Å²) in [6.45, 7) is 11.4. The maximum atomic E-state index is 12.6. The second-order valence-corrected chi connectivity index (χ2v) is 7.31. The number of hydrogen-bond donors (Lipinski definition) is 4. The van der Waals surface area contributed by atoms with Gasteiger partial charge in [0.2, 0.25) is 11.8 Å². The van der Waals surface area contributed by atoms with Gasteiger partial charge in [-0.05, 0) is 24.2 Å². The molecule has 0 spiro atoms. The highest BCUT2D eigenvalue weighted by atomic mass is 16.4. The number of aliphatic carboxylic acids is 1. The van der Waals surface area contributed by atoms with Gasteiger partial charge < -0.3 is 21.5 Å². The lowest BCUT2D eigenvalue weighted by Crippen LogP contribution is -2.57. The van der Waals surface area contributed by atoms with E-state index in [1.165, 1.54) is 0 Å². The minimum Gasteiger partial charge on any atom is -0.480 e. The lowest BCUT2D eigenvalue weighted by Gasteiger charge is -2.28. The fourth-order valence-corrected chi connectivity index (χ4v) is 2.42. The van der Waals surface area contributed by atoms with Gasteiger partial charge in [-0.1, -0.05) is 54.4 Å². The Morgan fingerprint density at radius 2 is 1.44 bits per heavy atom. The third-order valence-electron chi connectivity index (χ3n) is 4.67. The lowest BCUT2D eigenvalue weighted by atomic mass is 9.95. The summed E-state index contributed by atoms with van der Waals surface area (Å²) in [5.41, 5.74) is 5.94.